The highest BCUT2D eigenvalue weighted by molar-refractivity contribution is 7.99. The number of rotatable bonds is 11. The first-order valence-electron chi connectivity index (χ1n) is 12.4. The fraction of sp³-hybridized carbons (Fsp3) is 0.464. The molecule has 1 aliphatic heterocycles. The third-order valence-corrected chi connectivity index (χ3v) is 8.06. The Kier molecular flexibility index (Phi) is 9.35. The molecule has 2 atom stereocenters. The van der Waals surface area contributed by atoms with Gasteiger partial charge in [-0.25, -0.2) is 8.78 Å². The Hall–Kier alpha value is -2.22. The molecule has 7 heteroatoms. The van der Waals surface area contributed by atoms with Gasteiger partial charge in [0.1, 0.15) is 17.4 Å². The third kappa shape index (κ3) is 7.15. The lowest BCUT2D eigenvalue weighted by atomic mass is 9.82. The van der Waals surface area contributed by atoms with Crippen LogP contribution < -0.4 is 4.74 Å². The van der Waals surface area contributed by atoms with Gasteiger partial charge in [0.05, 0.1) is 12.6 Å². The highest BCUT2D eigenvalue weighted by atomic mass is 32.2. The zero-order valence-corrected chi connectivity index (χ0v) is 21.1. The molecule has 0 unspecified atom stereocenters. The number of aliphatic hydroxyl groups excluding tert-OH is 1. The molecule has 1 aliphatic rings. The number of piperidine rings is 1. The number of aliphatic hydroxyl groups is 1. The number of thioether (sulfide) groups is 1. The number of ether oxygens (including phenoxy) is 1. The monoisotopic (exact) mass is 500 g/mol. The van der Waals surface area contributed by atoms with Crippen LogP contribution in [0.3, 0.4) is 0 Å². The molecule has 2 aromatic carbocycles. The summed E-state index contributed by atoms with van der Waals surface area (Å²) >= 11 is 1.49. The van der Waals surface area contributed by atoms with E-state index in [0.717, 1.165) is 80.2 Å². The number of halogens is 2. The van der Waals surface area contributed by atoms with E-state index in [2.05, 4.69) is 22.0 Å². The number of likely N-dealkylation sites (tertiary alicyclic amines) is 1. The predicted octanol–water partition coefficient (Wildman–Crippen LogP) is 5.96. The molecule has 0 saturated carbocycles. The summed E-state index contributed by atoms with van der Waals surface area (Å²) in [6, 6.07) is 11.8. The topological polar surface area (TPSA) is 45.6 Å². The second-order valence-electron chi connectivity index (χ2n) is 9.34. The average Bonchev–Trinajstić information content (AvgIpc) is 2.86. The van der Waals surface area contributed by atoms with E-state index in [9.17, 15) is 13.9 Å². The van der Waals surface area contributed by atoms with Gasteiger partial charge in [-0.1, -0.05) is 0 Å². The van der Waals surface area contributed by atoms with E-state index in [1.165, 1.54) is 29.5 Å². The minimum absolute atomic E-state index is 0.216. The van der Waals surface area contributed by atoms with Crippen molar-refractivity contribution in [2.45, 2.75) is 37.0 Å². The predicted molar refractivity (Wildman–Crippen MR) is 138 cm³/mol. The lowest BCUT2D eigenvalue weighted by Crippen LogP contribution is -2.42. The van der Waals surface area contributed by atoms with Gasteiger partial charge in [-0.2, -0.15) is 0 Å². The van der Waals surface area contributed by atoms with E-state index < -0.39 is 11.6 Å². The standard InChI is InChI=1S/C28H34F2N2O2S/c1-34-25-6-7-28-27(17-25)21(8-10-31-28)5-2-4-20-9-12-32(18-22(20)19-33)11-3-13-35-26-15-23(29)14-24(30)16-26/h6-8,10,14-17,20,22,33H,2-5,9,11-13,18-19H2,1H3/t20-,22-/m1/s1. The highest BCUT2D eigenvalue weighted by Crippen LogP contribution is 2.30. The summed E-state index contributed by atoms with van der Waals surface area (Å²) in [5, 5.41) is 11.2. The van der Waals surface area contributed by atoms with E-state index in [1.54, 1.807) is 7.11 Å². The number of aromatic nitrogens is 1. The quantitative estimate of drug-likeness (QED) is 0.260. The normalized spacial score (nSPS) is 18.7. The lowest BCUT2D eigenvalue weighted by molar-refractivity contribution is 0.0677. The number of benzene rings is 2. The number of hydrogen-bond donors (Lipinski definition) is 1. The fourth-order valence-electron chi connectivity index (χ4n) is 5.12. The second kappa shape index (κ2) is 12.7. The van der Waals surface area contributed by atoms with Crippen molar-refractivity contribution < 1.29 is 18.6 Å². The maximum atomic E-state index is 13.3. The summed E-state index contributed by atoms with van der Waals surface area (Å²) in [4.78, 5) is 7.53. The van der Waals surface area contributed by atoms with Crippen molar-refractivity contribution >= 4 is 22.7 Å². The molecular weight excluding hydrogens is 466 g/mol. The molecule has 1 fully saturated rings. The van der Waals surface area contributed by atoms with Gasteiger partial charge >= 0.3 is 0 Å². The SMILES string of the molecule is COc1ccc2nccc(CCC[C@@H]3CCN(CCCSc4cc(F)cc(F)c4)C[C@@H]3CO)c2c1. The summed E-state index contributed by atoms with van der Waals surface area (Å²) in [5.41, 5.74) is 2.29. The third-order valence-electron chi connectivity index (χ3n) is 6.99. The van der Waals surface area contributed by atoms with Gasteiger partial charge < -0.3 is 14.7 Å². The van der Waals surface area contributed by atoms with Crippen molar-refractivity contribution in [2.75, 3.05) is 39.1 Å². The summed E-state index contributed by atoms with van der Waals surface area (Å²) in [6.07, 6.45) is 7.10. The van der Waals surface area contributed by atoms with Crippen molar-refractivity contribution in [3.05, 3.63) is 65.9 Å². The van der Waals surface area contributed by atoms with Crippen LogP contribution in [-0.2, 0) is 6.42 Å². The Morgan fingerprint density at radius 3 is 2.69 bits per heavy atom. The van der Waals surface area contributed by atoms with E-state index in [0.29, 0.717) is 16.7 Å². The van der Waals surface area contributed by atoms with E-state index in [4.69, 9.17) is 4.74 Å². The van der Waals surface area contributed by atoms with Crippen LogP contribution in [0.15, 0.2) is 53.6 Å². The first-order valence-corrected chi connectivity index (χ1v) is 13.4. The zero-order chi connectivity index (χ0) is 24.6. The number of pyridine rings is 1. The smallest absolute Gasteiger partial charge is 0.127 e. The molecule has 4 rings (SSSR count). The Morgan fingerprint density at radius 2 is 1.91 bits per heavy atom. The van der Waals surface area contributed by atoms with Crippen molar-refractivity contribution in [1.29, 1.82) is 0 Å². The van der Waals surface area contributed by atoms with Gasteiger partial charge in [-0.15, -0.1) is 11.8 Å². The Labute approximate surface area is 210 Å². The Bertz CT molecular complexity index is 1090. The van der Waals surface area contributed by atoms with Crippen molar-refractivity contribution in [3.63, 3.8) is 0 Å². The average molecular weight is 501 g/mol. The first kappa shape index (κ1) is 25.9. The molecule has 0 radical (unpaired) electrons. The molecule has 0 spiro atoms. The minimum Gasteiger partial charge on any atom is -0.497 e. The maximum Gasteiger partial charge on any atom is 0.127 e. The molecule has 188 valence electrons. The molecule has 35 heavy (non-hydrogen) atoms. The van der Waals surface area contributed by atoms with Gasteiger partial charge in [0.2, 0.25) is 0 Å². The van der Waals surface area contributed by atoms with Crippen LogP contribution in [0.4, 0.5) is 8.78 Å². The molecular formula is C28H34F2N2O2S. The van der Waals surface area contributed by atoms with Crippen LogP contribution in [0.2, 0.25) is 0 Å². The number of methoxy groups -OCH3 is 1. The number of hydrogen-bond acceptors (Lipinski definition) is 5. The Morgan fingerprint density at radius 1 is 1.09 bits per heavy atom. The zero-order valence-electron chi connectivity index (χ0n) is 20.3. The van der Waals surface area contributed by atoms with Crippen LogP contribution in [-0.4, -0.2) is 54.1 Å². The summed E-state index contributed by atoms with van der Waals surface area (Å²) in [7, 11) is 1.68. The molecule has 0 aliphatic carbocycles. The van der Waals surface area contributed by atoms with Gasteiger partial charge in [-0.05, 0) is 105 Å². The van der Waals surface area contributed by atoms with Crippen LogP contribution in [0.25, 0.3) is 10.9 Å². The molecule has 1 N–H and O–H groups in total. The summed E-state index contributed by atoms with van der Waals surface area (Å²) in [6.45, 7) is 3.11. The van der Waals surface area contributed by atoms with Crippen molar-refractivity contribution in [2.24, 2.45) is 11.8 Å². The molecule has 2 heterocycles. The molecule has 3 aromatic rings. The van der Waals surface area contributed by atoms with E-state index >= 15 is 0 Å². The van der Waals surface area contributed by atoms with Crippen molar-refractivity contribution in [1.82, 2.24) is 9.88 Å². The van der Waals surface area contributed by atoms with Gasteiger partial charge in [0.15, 0.2) is 0 Å². The molecule has 4 nitrogen and oxygen atoms in total. The van der Waals surface area contributed by atoms with E-state index in [1.807, 2.05) is 18.3 Å². The second-order valence-corrected chi connectivity index (χ2v) is 10.5. The largest absolute Gasteiger partial charge is 0.497 e. The number of nitrogens with zero attached hydrogens (tertiary/aromatic N) is 2. The lowest BCUT2D eigenvalue weighted by Gasteiger charge is -2.38. The molecule has 1 aromatic heterocycles. The number of fused-ring (bicyclic) bond motifs is 1. The van der Waals surface area contributed by atoms with E-state index in [-0.39, 0.29) is 6.61 Å². The van der Waals surface area contributed by atoms with Crippen LogP contribution in [0.5, 0.6) is 5.75 Å². The maximum absolute atomic E-state index is 13.3. The molecule has 0 bridgehead atoms. The van der Waals surface area contributed by atoms with Crippen LogP contribution in [0, 0.1) is 23.5 Å². The Balaban J connectivity index is 1.22. The first-order chi connectivity index (χ1) is 17.1. The fourth-order valence-corrected chi connectivity index (χ4v) is 6.02. The van der Waals surface area contributed by atoms with Gasteiger partial charge in [-0.3, -0.25) is 4.98 Å². The van der Waals surface area contributed by atoms with Gasteiger partial charge in [0, 0.05) is 35.7 Å². The summed E-state index contributed by atoms with van der Waals surface area (Å²) < 4.78 is 32.1. The highest BCUT2D eigenvalue weighted by Gasteiger charge is 2.28. The van der Waals surface area contributed by atoms with Crippen LogP contribution >= 0.6 is 11.8 Å². The van der Waals surface area contributed by atoms with Crippen molar-refractivity contribution in [3.8, 4) is 5.75 Å². The minimum atomic E-state index is -0.530. The molecule has 0 amide bonds. The summed E-state index contributed by atoms with van der Waals surface area (Å²) in [5.74, 6) is 1.43. The van der Waals surface area contributed by atoms with Gasteiger partial charge in [0.25, 0.3) is 0 Å². The molecule has 1 saturated heterocycles. The van der Waals surface area contributed by atoms with Crippen LogP contribution in [0.1, 0.15) is 31.2 Å². The number of aryl methyl sites for hydroxylation is 1.